The Hall–Kier alpha value is -0.180. The monoisotopic (exact) mass is 187 g/mol. The van der Waals surface area contributed by atoms with Crippen LogP contribution in [0.3, 0.4) is 0 Å². The average molecular weight is 187 g/mol. The molecule has 1 saturated heterocycles. The summed E-state index contributed by atoms with van der Waals surface area (Å²) >= 11 is 1.90. The highest BCUT2D eigenvalue weighted by molar-refractivity contribution is 8.01. The molecule has 12 heavy (non-hydrogen) atoms. The Morgan fingerprint density at radius 1 is 1.58 bits per heavy atom. The van der Waals surface area contributed by atoms with Crippen molar-refractivity contribution in [3.8, 4) is 0 Å². The van der Waals surface area contributed by atoms with Gasteiger partial charge in [-0.1, -0.05) is 13.8 Å². The second-order valence-corrected chi connectivity index (χ2v) is 6.11. The minimum Gasteiger partial charge on any atom is -0.332 e. The van der Waals surface area contributed by atoms with Crippen molar-refractivity contribution in [3.63, 3.8) is 0 Å². The van der Waals surface area contributed by atoms with Crippen LogP contribution in [-0.2, 0) is 4.79 Å². The molecule has 0 aromatic carbocycles. The van der Waals surface area contributed by atoms with Gasteiger partial charge in [-0.25, -0.2) is 0 Å². The molecule has 70 valence electrons. The van der Waals surface area contributed by atoms with E-state index in [0.29, 0.717) is 11.3 Å². The summed E-state index contributed by atoms with van der Waals surface area (Å²) in [6, 6.07) is 0. The van der Waals surface area contributed by atoms with Gasteiger partial charge in [0, 0.05) is 11.3 Å². The Morgan fingerprint density at radius 2 is 2.17 bits per heavy atom. The summed E-state index contributed by atoms with van der Waals surface area (Å²) < 4.78 is 0.232. The number of hydrogen-bond donors (Lipinski definition) is 0. The molecule has 1 rings (SSSR count). The molecular formula is C9H17NOS. The number of nitrogens with zero attached hydrogens (tertiary/aromatic N) is 1. The van der Waals surface area contributed by atoms with E-state index in [2.05, 4.69) is 27.7 Å². The Labute approximate surface area is 78.7 Å². The van der Waals surface area contributed by atoms with E-state index in [1.165, 1.54) is 0 Å². The van der Waals surface area contributed by atoms with Crippen molar-refractivity contribution in [2.75, 3.05) is 6.54 Å². The van der Waals surface area contributed by atoms with Gasteiger partial charge in [-0.3, -0.25) is 4.79 Å². The molecule has 1 heterocycles. The van der Waals surface area contributed by atoms with Crippen LogP contribution >= 0.6 is 11.8 Å². The lowest BCUT2D eigenvalue weighted by atomic mass is 10.1. The van der Waals surface area contributed by atoms with Crippen molar-refractivity contribution < 1.29 is 4.79 Å². The van der Waals surface area contributed by atoms with Crippen LogP contribution in [0, 0.1) is 5.92 Å². The molecular weight excluding hydrogens is 170 g/mol. The molecule has 0 bridgehead atoms. The maximum Gasteiger partial charge on any atom is 0.210 e. The highest BCUT2D eigenvalue weighted by Crippen LogP contribution is 2.41. The lowest BCUT2D eigenvalue weighted by molar-refractivity contribution is -0.119. The van der Waals surface area contributed by atoms with E-state index in [1.807, 2.05) is 16.7 Å². The van der Waals surface area contributed by atoms with Crippen molar-refractivity contribution in [2.24, 2.45) is 5.92 Å². The van der Waals surface area contributed by atoms with E-state index >= 15 is 0 Å². The van der Waals surface area contributed by atoms with E-state index in [0.717, 1.165) is 13.0 Å². The fourth-order valence-corrected chi connectivity index (χ4v) is 2.99. The zero-order valence-electron chi connectivity index (χ0n) is 8.20. The van der Waals surface area contributed by atoms with Crippen LogP contribution in [0.15, 0.2) is 0 Å². The zero-order chi connectivity index (χ0) is 9.35. The molecule has 0 saturated carbocycles. The van der Waals surface area contributed by atoms with Crippen LogP contribution in [0.1, 0.15) is 27.7 Å². The van der Waals surface area contributed by atoms with E-state index in [9.17, 15) is 4.79 Å². The van der Waals surface area contributed by atoms with E-state index in [-0.39, 0.29) is 4.75 Å². The summed E-state index contributed by atoms with van der Waals surface area (Å²) in [4.78, 5) is 12.6. The largest absolute Gasteiger partial charge is 0.332 e. The highest BCUT2D eigenvalue weighted by atomic mass is 32.2. The average Bonchev–Trinajstić information content (AvgIpc) is 2.25. The first-order chi connectivity index (χ1) is 5.46. The summed E-state index contributed by atoms with van der Waals surface area (Å²) in [6.45, 7) is 9.59. The first-order valence-electron chi connectivity index (χ1n) is 4.35. The number of carbonyl (C=O) groups excluding carboxylic acids is 1. The van der Waals surface area contributed by atoms with Crippen molar-refractivity contribution in [1.29, 1.82) is 0 Å². The lowest BCUT2D eigenvalue weighted by Crippen LogP contribution is -2.32. The van der Waals surface area contributed by atoms with Crippen LogP contribution in [0.25, 0.3) is 0 Å². The fourth-order valence-electron chi connectivity index (χ4n) is 1.58. The van der Waals surface area contributed by atoms with Gasteiger partial charge >= 0.3 is 0 Å². The molecule has 1 amide bonds. The molecule has 0 spiro atoms. The van der Waals surface area contributed by atoms with Crippen LogP contribution in [0.4, 0.5) is 0 Å². The van der Waals surface area contributed by atoms with Gasteiger partial charge in [-0.05, 0) is 19.8 Å². The fraction of sp³-hybridized carbons (Fsp3) is 0.889. The van der Waals surface area contributed by atoms with Gasteiger partial charge < -0.3 is 4.90 Å². The number of rotatable bonds is 2. The SMILES string of the molecule is CC(C)C1SC(C)(C)CN1C=O. The van der Waals surface area contributed by atoms with Gasteiger partial charge in [0.15, 0.2) is 0 Å². The van der Waals surface area contributed by atoms with E-state index in [4.69, 9.17) is 0 Å². The number of amides is 1. The summed E-state index contributed by atoms with van der Waals surface area (Å²) in [5.41, 5.74) is 0. The summed E-state index contributed by atoms with van der Waals surface area (Å²) in [6.07, 6.45) is 0.979. The summed E-state index contributed by atoms with van der Waals surface area (Å²) in [7, 11) is 0. The predicted octanol–water partition coefficient (Wildman–Crippen LogP) is 1.95. The van der Waals surface area contributed by atoms with Gasteiger partial charge in [-0.15, -0.1) is 11.8 Å². The molecule has 0 N–H and O–H groups in total. The third kappa shape index (κ3) is 1.94. The van der Waals surface area contributed by atoms with Gasteiger partial charge in [0.1, 0.15) is 0 Å². The molecule has 1 aliphatic rings. The lowest BCUT2D eigenvalue weighted by Gasteiger charge is -2.21. The van der Waals surface area contributed by atoms with Gasteiger partial charge in [0.2, 0.25) is 6.41 Å². The minimum atomic E-state index is 0.232. The minimum absolute atomic E-state index is 0.232. The first kappa shape index (κ1) is 9.90. The second kappa shape index (κ2) is 3.29. The molecule has 3 heteroatoms. The molecule has 2 nitrogen and oxygen atoms in total. The van der Waals surface area contributed by atoms with Gasteiger partial charge in [0.25, 0.3) is 0 Å². The Morgan fingerprint density at radius 3 is 2.50 bits per heavy atom. The Kier molecular flexibility index (Phi) is 2.71. The van der Waals surface area contributed by atoms with E-state index in [1.54, 1.807) is 0 Å². The van der Waals surface area contributed by atoms with Gasteiger partial charge in [0.05, 0.1) is 5.37 Å². The number of thioether (sulfide) groups is 1. The molecule has 0 aliphatic carbocycles. The molecule has 1 unspecified atom stereocenters. The topological polar surface area (TPSA) is 20.3 Å². The standard InChI is InChI=1S/C9H17NOS/c1-7(2)8-10(6-11)5-9(3,4)12-8/h6-8H,5H2,1-4H3. The quantitative estimate of drug-likeness (QED) is 0.616. The predicted molar refractivity (Wildman–Crippen MR) is 53.1 cm³/mol. The summed E-state index contributed by atoms with van der Waals surface area (Å²) in [5.74, 6) is 0.543. The molecule has 1 fully saturated rings. The van der Waals surface area contributed by atoms with Crippen molar-refractivity contribution in [2.45, 2.75) is 37.8 Å². The van der Waals surface area contributed by atoms with Crippen molar-refractivity contribution in [3.05, 3.63) is 0 Å². The maximum absolute atomic E-state index is 10.7. The van der Waals surface area contributed by atoms with Crippen LogP contribution in [-0.4, -0.2) is 28.0 Å². The molecule has 1 aliphatic heterocycles. The maximum atomic E-state index is 10.7. The molecule has 0 aromatic heterocycles. The van der Waals surface area contributed by atoms with Crippen LogP contribution in [0.5, 0.6) is 0 Å². The highest BCUT2D eigenvalue weighted by Gasteiger charge is 2.38. The first-order valence-corrected chi connectivity index (χ1v) is 5.23. The molecule has 0 aromatic rings. The number of hydrogen-bond acceptors (Lipinski definition) is 2. The summed E-state index contributed by atoms with van der Waals surface area (Å²) in [5, 5.41) is 0.373. The van der Waals surface area contributed by atoms with Crippen molar-refractivity contribution >= 4 is 18.2 Å². The van der Waals surface area contributed by atoms with Crippen LogP contribution in [0.2, 0.25) is 0 Å². The van der Waals surface area contributed by atoms with Gasteiger partial charge in [-0.2, -0.15) is 0 Å². The Bertz CT molecular complexity index is 179. The van der Waals surface area contributed by atoms with E-state index < -0.39 is 0 Å². The molecule has 1 atom stereocenters. The normalized spacial score (nSPS) is 28.1. The smallest absolute Gasteiger partial charge is 0.210 e. The third-order valence-electron chi connectivity index (χ3n) is 2.04. The van der Waals surface area contributed by atoms with Crippen LogP contribution < -0.4 is 0 Å². The molecule has 0 radical (unpaired) electrons. The second-order valence-electron chi connectivity index (χ2n) is 4.29. The zero-order valence-corrected chi connectivity index (χ0v) is 9.02. The van der Waals surface area contributed by atoms with Crippen molar-refractivity contribution in [1.82, 2.24) is 4.90 Å². The Balaban J connectivity index is 2.69. The third-order valence-corrected chi connectivity index (χ3v) is 3.86. The number of carbonyl (C=O) groups is 1.